The fraction of sp³-hybridized carbons (Fsp3) is 0.273. The third-order valence-corrected chi connectivity index (χ3v) is 5.70. The van der Waals surface area contributed by atoms with Gasteiger partial charge in [0.05, 0.1) is 5.56 Å². The highest BCUT2D eigenvalue weighted by Gasteiger charge is 2.24. The molecule has 0 spiro atoms. The second-order valence-electron chi connectivity index (χ2n) is 7.22. The van der Waals surface area contributed by atoms with Crippen LogP contribution in [-0.4, -0.2) is 54.8 Å². The molecule has 1 fully saturated rings. The van der Waals surface area contributed by atoms with Gasteiger partial charge in [0.2, 0.25) is 0 Å². The van der Waals surface area contributed by atoms with Gasteiger partial charge in [-0.1, -0.05) is 42.0 Å². The lowest BCUT2D eigenvalue weighted by atomic mass is 10.0. The Balaban J connectivity index is 1.49. The molecule has 0 radical (unpaired) electrons. The average molecular weight is 396 g/mol. The third kappa shape index (κ3) is 3.68. The van der Waals surface area contributed by atoms with Crippen LogP contribution in [0.4, 0.5) is 0 Å². The van der Waals surface area contributed by atoms with Gasteiger partial charge < -0.3 is 15.1 Å². The van der Waals surface area contributed by atoms with Crippen molar-refractivity contribution in [1.82, 2.24) is 15.1 Å². The van der Waals surface area contributed by atoms with E-state index in [1.807, 2.05) is 53.5 Å². The molecule has 2 aromatic rings. The Morgan fingerprint density at radius 3 is 2.46 bits per heavy atom. The van der Waals surface area contributed by atoms with Gasteiger partial charge in [0, 0.05) is 48.9 Å². The molecule has 4 rings (SSSR count). The highest BCUT2D eigenvalue weighted by molar-refractivity contribution is 6.32. The van der Waals surface area contributed by atoms with Gasteiger partial charge in [0.15, 0.2) is 0 Å². The van der Waals surface area contributed by atoms with Crippen LogP contribution in [0.1, 0.15) is 37.4 Å². The van der Waals surface area contributed by atoms with Crippen LogP contribution in [-0.2, 0) is 6.54 Å². The number of hydrogen-bond donors (Lipinski definition) is 1. The zero-order valence-corrected chi connectivity index (χ0v) is 16.5. The van der Waals surface area contributed by atoms with E-state index in [1.54, 1.807) is 0 Å². The minimum atomic E-state index is -0.0923. The largest absolute Gasteiger partial charge is 0.348 e. The van der Waals surface area contributed by atoms with Crippen LogP contribution in [0.2, 0.25) is 5.02 Å². The van der Waals surface area contributed by atoms with Gasteiger partial charge >= 0.3 is 0 Å². The summed E-state index contributed by atoms with van der Waals surface area (Å²) in [4.78, 5) is 28.8. The number of amides is 2. The molecule has 2 aliphatic rings. The Hall–Kier alpha value is -2.63. The summed E-state index contributed by atoms with van der Waals surface area (Å²) in [5, 5.41) is 3.42. The van der Waals surface area contributed by atoms with Crippen LogP contribution in [0.15, 0.2) is 36.4 Å². The first-order valence-corrected chi connectivity index (χ1v) is 9.76. The second kappa shape index (κ2) is 7.78. The van der Waals surface area contributed by atoms with Crippen molar-refractivity contribution in [2.45, 2.75) is 6.54 Å². The van der Waals surface area contributed by atoms with Gasteiger partial charge in [-0.15, -0.1) is 0 Å². The summed E-state index contributed by atoms with van der Waals surface area (Å²) in [5.41, 5.74) is 4.00. The van der Waals surface area contributed by atoms with Crippen molar-refractivity contribution in [2.24, 2.45) is 0 Å². The van der Waals surface area contributed by atoms with E-state index >= 15 is 0 Å². The number of piperazine rings is 1. The van der Waals surface area contributed by atoms with Crippen LogP contribution in [0, 0.1) is 0 Å². The number of likely N-dealkylation sites (N-methyl/N-ethyl adjacent to an activating group) is 1. The van der Waals surface area contributed by atoms with E-state index in [2.05, 4.69) is 17.3 Å². The van der Waals surface area contributed by atoms with Crippen molar-refractivity contribution in [3.8, 4) is 0 Å². The summed E-state index contributed by atoms with van der Waals surface area (Å²) >= 11 is 6.19. The first-order valence-electron chi connectivity index (χ1n) is 9.38. The SMILES string of the molecule is CN1CCN(C(=O)c2ccc(/C=C/c3ccc(Cl)c4c3C(=O)NC4)cc2)CC1. The van der Waals surface area contributed by atoms with E-state index in [1.165, 1.54) is 0 Å². The molecule has 6 heteroatoms. The average Bonchev–Trinajstić information content (AvgIpc) is 3.11. The van der Waals surface area contributed by atoms with E-state index in [0.717, 1.165) is 42.9 Å². The summed E-state index contributed by atoms with van der Waals surface area (Å²) in [6, 6.07) is 11.2. The number of carbonyl (C=O) groups excluding carboxylic acids is 2. The van der Waals surface area contributed by atoms with Crippen molar-refractivity contribution in [3.63, 3.8) is 0 Å². The predicted molar refractivity (Wildman–Crippen MR) is 111 cm³/mol. The lowest BCUT2D eigenvalue weighted by Gasteiger charge is -2.32. The molecule has 0 bridgehead atoms. The van der Waals surface area contributed by atoms with Crippen LogP contribution in [0.5, 0.6) is 0 Å². The Morgan fingerprint density at radius 2 is 1.75 bits per heavy atom. The number of benzene rings is 2. The molecular formula is C22H22ClN3O2. The lowest BCUT2D eigenvalue weighted by Crippen LogP contribution is -2.47. The fourth-order valence-corrected chi connectivity index (χ4v) is 3.82. The van der Waals surface area contributed by atoms with Crippen molar-refractivity contribution < 1.29 is 9.59 Å². The van der Waals surface area contributed by atoms with Gasteiger partial charge in [0.1, 0.15) is 0 Å². The fourth-order valence-electron chi connectivity index (χ4n) is 3.59. The number of rotatable bonds is 3. The minimum Gasteiger partial charge on any atom is -0.348 e. The maximum Gasteiger partial charge on any atom is 0.253 e. The minimum absolute atomic E-state index is 0.0795. The zero-order valence-electron chi connectivity index (χ0n) is 15.7. The summed E-state index contributed by atoms with van der Waals surface area (Å²) in [5.74, 6) is -0.0129. The van der Waals surface area contributed by atoms with E-state index in [-0.39, 0.29) is 11.8 Å². The maximum atomic E-state index is 12.6. The molecule has 5 nitrogen and oxygen atoms in total. The quantitative estimate of drug-likeness (QED) is 0.812. The summed E-state index contributed by atoms with van der Waals surface area (Å²) < 4.78 is 0. The molecular weight excluding hydrogens is 374 g/mol. The van der Waals surface area contributed by atoms with Crippen molar-refractivity contribution in [2.75, 3.05) is 33.2 Å². The summed E-state index contributed by atoms with van der Waals surface area (Å²) in [6.45, 7) is 3.82. The number of hydrogen-bond acceptors (Lipinski definition) is 3. The third-order valence-electron chi connectivity index (χ3n) is 5.34. The standard InChI is InChI=1S/C22H22ClN3O2/c1-25-10-12-26(13-11-25)22(28)17-6-3-15(4-7-17)2-5-16-8-9-19(23)18-14-24-21(27)20(16)18/h2-9H,10-14H2,1H3,(H,24,27)/b5-2+. The van der Waals surface area contributed by atoms with Gasteiger partial charge in [-0.25, -0.2) is 0 Å². The molecule has 0 saturated carbocycles. The molecule has 0 atom stereocenters. The first kappa shape index (κ1) is 18.7. The van der Waals surface area contributed by atoms with E-state index < -0.39 is 0 Å². The van der Waals surface area contributed by atoms with Crippen LogP contribution in [0.3, 0.4) is 0 Å². The summed E-state index contributed by atoms with van der Waals surface area (Å²) in [6.07, 6.45) is 3.86. The molecule has 2 aromatic carbocycles. The number of fused-ring (bicyclic) bond motifs is 1. The Bertz CT molecular complexity index is 945. The number of nitrogens with one attached hydrogen (secondary N) is 1. The van der Waals surface area contributed by atoms with Gasteiger partial charge in [-0.05, 0) is 36.4 Å². The van der Waals surface area contributed by atoms with Gasteiger partial charge in [0.25, 0.3) is 11.8 Å². The highest BCUT2D eigenvalue weighted by atomic mass is 35.5. The maximum absolute atomic E-state index is 12.6. The van der Waals surface area contributed by atoms with Crippen LogP contribution < -0.4 is 5.32 Å². The van der Waals surface area contributed by atoms with Crippen molar-refractivity contribution >= 4 is 35.6 Å². The zero-order chi connectivity index (χ0) is 19.7. The second-order valence-corrected chi connectivity index (χ2v) is 7.63. The Labute approximate surface area is 169 Å². The smallest absolute Gasteiger partial charge is 0.253 e. The Kier molecular flexibility index (Phi) is 5.20. The molecule has 0 unspecified atom stereocenters. The predicted octanol–water partition coefficient (Wildman–Crippen LogP) is 3.14. The molecule has 1 saturated heterocycles. The van der Waals surface area contributed by atoms with E-state index in [9.17, 15) is 9.59 Å². The number of nitrogens with zero attached hydrogens (tertiary/aromatic N) is 2. The normalized spacial score (nSPS) is 17.1. The highest BCUT2D eigenvalue weighted by Crippen LogP contribution is 2.28. The molecule has 0 aromatic heterocycles. The lowest BCUT2D eigenvalue weighted by molar-refractivity contribution is 0.0664. The molecule has 28 heavy (non-hydrogen) atoms. The summed E-state index contributed by atoms with van der Waals surface area (Å²) in [7, 11) is 2.07. The van der Waals surface area contributed by atoms with Crippen LogP contribution in [0.25, 0.3) is 12.2 Å². The molecule has 1 N–H and O–H groups in total. The van der Waals surface area contributed by atoms with E-state index in [0.29, 0.717) is 22.7 Å². The van der Waals surface area contributed by atoms with Gasteiger partial charge in [-0.3, -0.25) is 9.59 Å². The first-order chi connectivity index (χ1) is 13.5. The molecule has 144 valence electrons. The Morgan fingerprint density at radius 1 is 1.04 bits per heavy atom. The number of halogens is 1. The molecule has 2 aliphatic heterocycles. The van der Waals surface area contributed by atoms with E-state index in [4.69, 9.17) is 11.6 Å². The molecule has 2 heterocycles. The molecule has 0 aliphatic carbocycles. The van der Waals surface area contributed by atoms with Gasteiger partial charge in [-0.2, -0.15) is 0 Å². The van der Waals surface area contributed by atoms with Crippen molar-refractivity contribution in [1.29, 1.82) is 0 Å². The van der Waals surface area contributed by atoms with Crippen molar-refractivity contribution in [3.05, 3.63) is 69.2 Å². The topological polar surface area (TPSA) is 52.7 Å². The molecule has 2 amide bonds. The number of carbonyl (C=O) groups is 2. The van der Waals surface area contributed by atoms with Crippen LogP contribution >= 0.6 is 11.6 Å². The monoisotopic (exact) mass is 395 g/mol.